The number of carboxylic acid groups (broad SMARTS) is 1. The summed E-state index contributed by atoms with van der Waals surface area (Å²) < 4.78 is 0. The largest absolute Gasteiger partial charge is 0.478 e. The van der Waals surface area contributed by atoms with Gasteiger partial charge in [0.2, 0.25) is 5.91 Å². The molecular formula is C14H17ClN2O3. The Labute approximate surface area is 122 Å². The zero-order chi connectivity index (χ0) is 15.3. The van der Waals surface area contributed by atoms with Crippen molar-refractivity contribution in [3.63, 3.8) is 0 Å². The Morgan fingerprint density at radius 2 is 2.10 bits per heavy atom. The number of benzene rings is 1. The molecule has 0 saturated carbocycles. The fourth-order valence-electron chi connectivity index (χ4n) is 1.73. The van der Waals surface area contributed by atoms with Gasteiger partial charge < -0.3 is 15.7 Å². The van der Waals surface area contributed by atoms with Crippen LogP contribution in [0.4, 0.5) is 5.69 Å². The van der Waals surface area contributed by atoms with Crippen molar-refractivity contribution in [3.8, 4) is 0 Å². The average Bonchev–Trinajstić information content (AvgIpc) is 2.33. The molecule has 0 bridgehead atoms. The summed E-state index contributed by atoms with van der Waals surface area (Å²) in [6.45, 7) is 3.97. The van der Waals surface area contributed by atoms with Crippen LogP contribution in [-0.2, 0) is 9.59 Å². The molecule has 0 aliphatic heterocycles. The van der Waals surface area contributed by atoms with Gasteiger partial charge in [-0.3, -0.25) is 4.79 Å². The normalized spacial score (nSPS) is 11.0. The number of carboxylic acids is 1. The first kappa shape index (κ1) is 16.0. The van der Waals surface area contributed by atoms with Gasteiger partial charge in [-0.05, 0) is 37.6 Å². The van der Waals surface area contributed by atoms with Gasteiger partial charge in [0.15, 0.2) is 0 Å². The highest BCUT2D eigenvalue weighted by Crippen LogP contribution is 2.25. The number of anilines is 1. The molecule has 1 amide bonds. The Kier molecular flexibility index (Phi) is 5.58. The van der Waals surface area contributed by atoms with Crippen LogP contribution >= 0.6 is 11.6 Å². The molecule has 1 aromatic carbocycles. The molecule has 0 saturated heterocycles. The third-order valence-electron chi connectivity index (χ3n) is 2.67. The van der Waals surface area contributed by atoms with E-state index in [0.29, 0.717) is 10.6 Å². The van der Waals surface area contributed by atoms with Crippen LogP contribution in [0.5, 0.6) is 0 Å². The molecule has 0 aliphatic rings. The van der Waals surface area contributed by atoms with Gasteiger partial charge in [-0.25, -0.2) is 4.79 Å². The first-order valence-electron chi connectivity index (χ1n) is 6.06. The number of amides is 1. The van der Waals surface area contributed by atoms with E-state index in [2.05, 4.69) is 0 Å². The van der Waals surface area contributed by atoms with E-state index < -0.39 is 11.9 Å². The summed E-state index contributed by atoms with van der Waals surface area (Å²) in [5, 5.41) is 9.00. The highest BCUT2D eigenvalue weighted by Gasteiger charge is 2.14. The molecule has 20 heavy (non-hydrogen) atoms. The fourth-order valence-corrected chi connectivity index (χ4v) is 1.97. The van der Waals surface area contributed by atoms with E-state index in [1.165, 1.54) is 6.08 Å². The highest BCUT2D eigenvalue weighted by molar-refractivity contribution is 6.32. The number of carbonyl (C=O) groups excluding carboxylic acids is 1. The predicted octanol–water partition coefficient (Wildman–Crippen LogP) is 2.14. The van der Waals surface area contributed by atoms with Crippen LogP contribution in [0.3, 0.4) is 0 Å². The van der Waals surface area contributed by atoms with E-state index in [0.717, 1.165) is 11.8 Å². The SMILES string of the molecule is CC(C)N(CC(N)=O)c1ccc(/C=C/C(=O)O)c(Cl)c1. The second-order valence-electron chi connectivity index (χ2n) is 4.57. The molecule has 3 N–H and O–H groups in total. The molecular weight excluding hydrogens is 280 g/mol. The Balaban J connectivity index is 3.05. The molecule has 1 rings (SSSR count). The monoisotopic (exact) mass is 296 g/mol. The summed E-state index contributed by atoms with van der Waals surface area (Å²) in [7, 11) is 0. The van der Waals surface area contributed by atoms with E-state index in [1.807, 2.05) is 18.7 Å². The van der Waals surface area contributed by atoms with Gasteiger partial charge >= 0.3 is 5.97 Å². The number of aliphatic carboxylic acids is 1. The molecule has 0 spiro atoms. The third-order valence-corrected chi connectivity index (χ3v) is 3.00. The minimum absolute atomic E-state index is 0.0824. The van der Waals surface area contributed by atoms with Crippen molar-refractivity contribution in [1.82, 2.24) is 0 Å². The summed E-state index contributed by atoms with van der Waals surface area (Å²) in [5.74, 6) is -1.47. The zero-order valence-corrected chi connectivity index (χ0v) is 12.1. The van der Waals surface area contributed by atoms with E-state index in [-0.39, 0.29) is 12.6 Å². The second kappa shape index (κ2) is 6.96. The molecule has 0 aliphatic carbocycles. The summed E-state index contributed by atoms with van der Waals surface area (Å²) in [6.07, 6.45) is 2.44. The van der Waals surface area contributed by atoms with Crippen molar-refractivity contribution in [2.75, 3.05) is 11.4 Å². The number of hydrogen-bond acceptors (Lipinski definition) is 3. The molecule has 0 atom stereocenters. The lowest BCUT2D eigenvalue weighted by Crippen LogP contribution is -2.38. The molecule has 0 heterocycles. The van der Waals surface area contributed by atoms with Gasteiger partial charge in [0.1, 0.15) is 0 Å². The fraction of sp³-hybridized carbons (Fsp3) is 0.286. The van der Waals surface area contributed by atoms with Gasteiger partial charge in [0.05, 0.1) is 6.54 Å². The molecule has 1 aromatic rings. The summed E-state index contributed by atoms with van der Waals surface area (Å²) in [6, 6.07) is 5.24. The summed E-state index contributed by atoms with van der Waals surface area (Å²) in [4.78, 5) is 23.4. The lowest BCUT2D eigenvalue weighted by molar-refractivity contribution is -0.131. The lowest BCUT2D eigenvalue weighted by Gasteiger charge is -2.28. The number of primary amides is 1. The number of halogens is 1. The van der Waals surface area contributed by atoms with Crippen LogP contribution in [-0.4, -0.2) is 29.6 Å². The number of nitrogens with zero attached hydrogens (tertiary/aromatic N) is 1. The van der Waals surface area contributed by atoms with Gasteiger partial charge in [-0.15, -0.1) is 0 Å². The van der Waals surface area contributed by atoms with E-state index in [9.17, 15) is 9.59 Å². The second-order valence-corrected chi connectivity index (χ2v) is 4.97. The minimum atomic E-state index is -1.04. The first-order valence-corrected chi connectivity index (χ1v) is 6.44. The topological polar surface area (TPSA) is 83.6 Å². The molecule has 0 unspecified atom stereocenters. The van der Waals surface area contributed by atoms with E-state index >= 15 is 0 Å². The maximum absolute atomic E-state index is 11.1. The highest BCUT2D eigenvalue weighted by atomic mass is 35.5. The lowest BCUT2D eigenvalue weighted by atomic mass is 10.1. The molecule has 0 aromatic heterocycles. The van der Waals surface area contributed by atoms with E-state index in [4.69, 9.17) is 22.4 Å². The smallest absolute Gasteiger partial charge is 0.328 e. The standard InChI is InChI=1S/C14H17ClN2O3/c1-9(2)17(8-13(16)18)11-5-3-10(12(15)7-11)4-6-14(19)20/h3-7,9H,8H2,1-2H3,(H2,16,18)(H,19,20)/b6-4+. The van der Waals surface area contributed by atoms with Crippen LogP contribution < -0.4 is 10.6 Å². The van der Waals surface area contributed by atoms with Crippen molar-refractivity contribution >= 4 is 35.2 Å². The molecule has 108 valence electrons. The average molecular weight is 297 g/mol. The van der Waals surface area contributed by atoms with Crippen LogP contribution in [0.2, 0.25) is 5.02 Å². The van der Waals surface area contributed by atoms with Gasteiger partial charge in [-0.2, -0.15) is 0 Å². The van der Waals surface area contributed by atoms with Gasteiger partial charge in [-0.1, -0.05) is 17.7 Å². The third kappa shape index (κ3) is 4.59. The van der Waals surface area contributed by atoms with Gasteiger partial charge in [0, 0.05) is 22.8 Å². The zero-order valence-electron chi connectivity index (χ0n) is 11.3. The number of rotatable bonds is 6. The van der Waals surface area contributed by atoms with Crippen LogP contribution in [0.25, 0.3) is 6.08 Å². The molecule has 0 fully saturated rings. The Morgan fingerprint density at radius 1 is 1.45 bits per heavy atom. The number of nitrogens with two attached hydrogens (primary N) is 1. The quantitative estimate of drug-likeness (QED) is 0.788. The van der Waals surface area contributed by atoms with E-state index in [1.54, 1.807) is 18.2 Å². The maximum atomic E-state index is 11.1. The van der Waals surface area contributed by atoms with Crippen molar-refractivity contribution in [2.24, 2.45) is 5.73 Å². The van der Waals surface area contributed by atoms with Crippen LogP contribution in [0, 0.1) is 0 Å². The predicted molar refractivity (Wildman–Crippen MR) is 79.8 cm³/mol. The summed E-state index contributed by atoms with van der Waals surface area (Å²) in [5.41, 5.74) is 6.59. The van der Waals surface area contributed by atoms with Crippen molar-refractivity contribution in [2.45, 2.75) is 19.9 Å². The minimum Gasteiger partial charge on any atom is -0.478 e. The first-order chi connectivity index (χ1) is 9.31. The molecule has 6 heteroatoms. The summed E-state index contributed by atoms with van der Waals surface area (Å²) >= 11 is 6.11. The molecule has 0 radical (unpaired) electrons. The maximum Gasteiger partial charge on any atom is 0.328 e. The Morgan fingerprint density at radius 3 is 2.55 bits per heavy atom. The molecule has 5 nitrogen and oxygen atoms in total. The van der Waals surface area contributed by atoms with Crippen LogP contribution in [0.1, 0.15) is 19.4 Å². The van der Waals surface area contributed by atoms with Crippen molar-refractivity contribution < 1.29 is 14.7 Å². The van der Waals surface area contributed by atoms with Crippen LogP contribution in [0.15, 0.2) is 24.3 Å². The Hall–Kier alpha value is -2.01. The number of hydrogen-bond donors (Lipinski definition) is 2. The van der Waals surface area contributed by atoms with Crippen molar-refractivity contribution in [1.29, 1.82) is 0 Å². The van der Waals surface area contributed by atoms with Crippen molar-refractivity contribution in [3.05, 3.63) is 34.9 Å². The Bertz CT molecular complexity index is 541. The van der Waals surface area contributed by atoms with Gasteiger partial charge in [0.25, 0.3) is 0 Å². The number of carbonyl (C=O) groups is 2.